The van der Waals surface area contributed by atoms with E-state index in [4.69, 9.17) is 11.6 Å². The summed E-state index contributed by atoms with van der Waals surface area (Å²) in [7, 11) is -2.62. The molecule has 5 nitrogen and oxygen atoms in total. The highest BCUT2D eigenvalue weighted by atomic mass is 35.5. The van der Waals surface area contributed by atoms with Crippen molar-refractivity contribution >= 4 is 21.6 Å². The van der Waals surface area contributed by atoms with E-state index in [1.165, 1.54) is 7.05 Å². The summed E-state index contributed by atoms with van der Waals surface area (Å²) in [6.07, 6.45) is 0. The highest BCUT2D eigenvalue weighted by Crippen LogP contribution is 2.31. The van der Waals surface area contributed by atoms with E-state index in [9.17, 15) is 22.3 Å². The van der Waals surface area contributed by atoms with Gasteiger partial charge in [-0.05, 0) is 32.0 Å². The van der Waals surface area contributed by atoms with Crippen LogP contribution in [0.2, 0.25) is 5.02 Å². The number of aliphatic hydroxyl groups is 1. The summed E-state index contributed by atoms with van der Waals surface area (Å²) in [5, 5.41) is 8.99. The van der Waals surface area contributed by atoms with Gasteiger partial charge in [0.2, 0.25) is 10.0 Å². The van der Waals surface area contributed by atoms with Gasteiger partial charge in [0.25, 0.3) is 0 Å². The molecule has 0 saturated carbocycles. The van der Waals surface area contributed by atoms with Gasteiger partial charge in [-0.3, -0.25) is 0 Å². The van der Waals surface area contributed by atoms with Crippen molar-refractivity contribution in [3.05, 3.63) is 23.2 Å². The standard InChI is InChI=1S/C12H16ClF2NO4S/c1-12(2,7-17)16(3)21(18,19)8-4-5-10(9(13)6-8)20-11(14)15/h4-6,11,17H,7H2,1-3H3. The van der Waals surface area contributed by atoms with Gasteiger partial charge in [-0.2, -0.15) is 13.1 Å². The SMILES string of the molecule is CN(C(C)(C)CO)S(=O)(=O)c1ccc(OC(F)F)c(Cl)c1. The molecule has 0 radical (unpaired) electrons. The van der Waals surface area contributed by atoms with Crippen LogP contribution in [0, 0.1) is 0 Å². The molecule has 0 aliphatic heterocycles. The molecule has 0 atom stereocenters. The first-order chi connectivity index (χ1) is 9.52. The zero-order valence-corrected chi connectivity index (χ0v) is 13.3. The van der Waals surface area contributed by atoms with Crippen LogP contribution in [0.5, 0.6) is 5.75 Å². The molecule has 0 unspecified atom stereocenters. The number of halogens is 3. The van der Waals surface area contributed by atoms with Gasteiger partial charge in [-0.15, -0.1) is 0 Å². The summed E-state index contributed by atoms with van der Waals surface area (Å²) in [4.78, 5) is -0.182. The molecule has 0 heterocycles. The summed E-state index contributed by atoms with van der Waals surface area (Å²) in [6, 6.07) is 3.20. The van der Waals surface area contributed by atoms with Gasteiger partial charge < -0.3 is 9.84 Å². The molecule has 0 aliphatic carbocycles. The molecule has 0 aromatic heterocycles. The zero-order valence-electron chi connectivity index (χ0n) is 11.7. The van der Waals surface area contributed by atoms with Crippen molar-refractivity contribution in [3.8, 4) is 5.75 Å². The van der Waals surface area contributed by atoms with E-state index < -0.39 is 22.2 Å². The minimum atomic E-state index is -3.93. The van der Waals surface area contributed by atoms with Gasteiger partial charge in [0.15, 0.2) is 0 Å². The summed E-state index contributed by atoms with van der Waals surface area (Å²) in [6.45, 7) is -0.356. The third kappa shape index (κ3) is 4.03. The Hall–Kier alpha value is -0.960. The Labute approximate surface area is 127 Å². The maximum atomic E-state index is 12.4. The molecule has 0 fully saturated rings. The maximum Gasteiger partial charge on any atom is 0.387 e. The number of aliphatic hydroxyl groups excluding tert-OH is 1. The Morgan fingerprint density at radius 1 is 1.43 bits per heavy atom. The van der Waals surface area contributed by atoms with Crippen molar-refractivity contribution in [3.63, 3.8) is 0 Å². The first-order valence-electron chi connectivity index (χ1n) is 5.86. The minimum absolute atomic E-state index is 0.182. The van der Waals surface area contributed by atoms with Crippen LogP contribution >= 0.6 is 11.6 Å². The van der Waals surface area contributed by atoms with Crippen LogP contribution in [-0.2, 0) is 10.0 Å². The van der Waals surface area contributed by atoms with Crippen molar-refractivity contribution < 1.29 is 27.0 Å². The molecule has 0 amide bonds. The number of benzene rings is 1. The molecule has 21 heavy (non-hydrogen) atoms. The van der Waals surface area contributed by atoms with Crippen LogP contribution in [0.1, 0.15) is 13.8 Å². The highest BCUT2D eigenvalue weighted by molar-refractivity contribution is 7.89. The van der Waals surface area contributed by atoms with E-state index in [1.807, 2.05) is 0 Å². The average molecular weight is 344 g/mol. The molecule has 120 valence electrons. The maximum absolute atomic E-state index is 12.4. The molecule has 0 aliphatic rings. The van der Waals surface area contributed by atoms with Gasteiger partial charge in [-0.25, -0.2) is 8.42 Å². The smallest absolute Gasteiger partial charge is 0.387 e. The van der Waals surface area contributed by atoms with Gasteiger partial charge in [0.1, 0.15) is 5.75 Å². The molecule has 1 N–H and O–H groups in total. The molecule has 0 spiro atoms. The lowest BCUT2D eigenvalue weighted by molar-refractivity contribution is -0.0498. The monoisotopic (exact) mass is 343 g/mol. The van der Waals surface area contributed by atoms with Crippen molar-refractivity contribution in [1.29, 1.82) is 0 Å². The lowest BCUT2D eigenvalue weighted by atomic mass is 10.1. The second-order valence-electron chi connectivity index (χ2n) is 4.91. The summed E-state index contributed by atoms with van der Waals surface area (Å²) < 4.78 is 54.2. The van der Waals surface area contributed by atoms with E-state index in [1.54, 1.807) is 13.8 Å². The summed E-state index contributed by atoms with van der Waals surface area (Å²) >= 11 is 5.74. The van der Waals surface area contributed by atoms with Crippen molar-refractivity contribution in [2.45, 2.75) is 30.9 Å². The first kappa shape index (κ1) is 18.1. The van der Waals surface area contributed by atoms with Crippen LogP contribution in [-0.4, -0.2) is 43.6 Å². The Morgan fingerprint density at radius 2 is 2.00 bits per heavy atom. The van der Waals surface area contributed by atoms with Crippen LogP contribution in [0.15, 0.2) is 23.1 Å². The van der Waals surface area contributed by atoms with Gasteiger partial charge >= 0.3 is 6.61 Å². The largest absolute Gasteiger partial charge is 0.433 e. The fourth-order valence-electron chi connectivity index (χ4n) is 1.42. The number of sulfonamides is 1. The van der Waals surface area contributed by atoms with Crippen LogP contribution in [0.4, 0.5) is 8.78 Å². The third-order valence-corrected chi connectivity index (χ3v) is 5.38. The predicted octanol–water partition coefficient (Wildman–Crippen LogP) is 2.33. The van der Waals surface area contributed by atoms with Gasteiger partial charge in [-0.1, -0.05) is 11.6 Å². The molecule has 0 bridgehead atoms. The quantitative estimate of drug-likeness (QED) is 0.861. The number of alkyl halides is 2. The molecule has 9 heteroatoms. The summed E-state index contributed by atoms with van der Waals surface area (Å²) in [5.41, 5.74) is -1.02. The molecular weight excluding hydrogens is 328 g/mol. The minimum Gasteiger partial charge on any atom is -0.433 e. The van der Waals surface area contributed by atoms with Crippen LogP contribution in [0.3, 0.4) is 0 Å². The second kappa shape index (κ2) is 6.43. The number of likely N-dealkylation sites (N-methyl/N-ethyl adjacent to an activating group) is 1. The van der Waals surface area contributed by atoms with E-state index in [0.29, 0.717) is 0 Å². The Bertz CT molecular complexity index is 607. The van der Waals surface area contributed by atoms with E-state index >= 15 is 0 Å². The number of rotatable bonds is 6. The lowest BCUT2D eigenvalue weighted by Gasteiger charge is -2.32. The number of hydrogen-bond acceptors (Lipinski definition) is 4. The zero-order chi connectivity index (χ0) is 16.4. The molecule has 1 aromatic carbocycles. The van der Waals surface area contributed by atoms with Gasteiger partial charge in [0, 0.05) is 7.05 Å². The van der Waals surface area contributed by atoms with Crippen molar-refractivity contribution in [2.24, 2.45) is 0 Å². The fourth-order valence-corrected chi connectivity index (χ4v) is 3.24. The van der Waals surface area contributed by atoms with Crippen LogP contribution < -0.4 is 4.74 Å². The van der Waals surface area contributed by atoms with E-state index in [-0.39, 0.29) is 22.3 Å². The Kier molecular flexibility index (Phi) is 5.54. The first-order valence-corrected chi connectivity index (χ1v) is 7.68. The predicted molar refractivity (Wildman–Crippen MR) is 74.2 cm³/mol. The topological polar surface area (TPSA) is 66.8 Å². The third-order valence-electron chi connectivity index (χ3n) is 3.02. The number of hydrogen-bond donors (Lipinski definition) is 1. The molecular formula is C12H16ClF2NO4S. The second-order valence-corrected chi connectivity index (χ2v) is 7.29. The fraction of sp³-hybridized carbons (Fsp3) is 0.500. The number of ether oxygens (including phenoxy) is 1. The molecule has 1 rings (SSSR count). The van der Waals surface area contributed by atoms with E-state index in [2.05, 4.69) is 4.74 Å². The average Bonchev–Trinajstić information content (AvgIpc) is 2.39. The van der Waals surface area contributed by atoms with Gasteiger partial charge in [0.05, 0.1) is 22.1 Å². The number of nitrogens with zero attached hydrogens (tertiary/aromatic N) is 1. The van der Waals surface area contributed by atoms with E-state index in [0.717, 1.165) is 22.5 Å². The Balaban J connectivity index is 3.19. The summed E-state index contributed by atoms with van der Waals surface area (Å²) in [5.74, 6) is -0.310. The van der Waals surface area contributed by atoms with Crippen molar-refractivity contribution in [1.82, 2.24) is 4.31 Å². The Morgan fingerprint density at radius 3 is 2.43 bits per heavy atom. The lowest BCUT2D eigenvalue weighted by Crippen LogP contribution is -2.47. The normalized spacial score (nSPS) is 13.0. The van der Waals surface area contributed by atoms with Crippen molar-refractivity contribution in [2.75, 3.05) is 13.7 Å². The van der Waals surface area contributed by atoms with Crippen LogP contribution in [0.25, 0.3) is 0 Å². The highest BCUT2D eigenvalue weighted by Gasteiger charge is 2.33. The molecule has 1 aromatic rings. The molecule has 0 saturated heterocycles.